The van der Waals surface area contributed by atoms with Crippen molar-refractivity contribution in [1.29, 1.82) is 0 Å². The number of anilines is 1. The molecule has 2 aromatic carbocycles. The fraction of sp³-hybridized carbons (Fsp3) is 0.190. The predicted octanol–water partition coefficient (Wildman–Crippen LogP) is 4.11. The minimum atomic E-state index is -0.767. The number of halogens is 2. The number of para-hydroxylation sites is 1. The van der Waals surface area contributed by atoms with Gasteiger partial charge in [0.05, 0.1) is 23.9 Å². The zero-order valence-electron chi connectivity index (χ0n) is 16.2. The highest BCUT2D eigenvalue weighted by Crippen LogP contribution is 2.35. The molecule has 1 aliphatic rings. The first-order valence-electron chi connectivity index (χ1n) is 9.12. The Morgan fingerprint density at radius 1 is 1.13 bits per heavy atom. The molecule has 0 radical (unpaired) electrons. The summed E-state index contributed by atoms with van der Waals surface area (Å²) in [5.41, 5.74) is 0.0509. The average molecular weight is 449 g/mol. The van der Waals surface area contributed by atoms with Gasteiger partial charge < -0.3 is 9.47 Å². The highest BCUT2D eigenvalue weighted by molar-refractivity contribution is 7.80. The van der Waals surface area contributed by atoms with Crippen LogP contribution < -0.4 is 19.7 Å². The molecule has 6 nitrogen and oxygen atoms in total. The number of nitrogens with one attached hydrogen (secondary N) is 1. The monoisotopic (exact) mass is 448 g/mol. The summed E-state index contributed by atoms with van der Waals surface area (Å²) < 4.78 is 25.3. The molecule has 2 aromatic rings. The smallest absolute Gasteiger partial charge is 0.270 e. The van der Waals surface area contributed by atoms with Crippen LogP contribution >= 0.6 is 23.8 Å². The molecule has 1 heterocycles. The Bertz CT molecular complexity index is 1060. The minimum absolute atomic E-state index is 0.0637. The maximum atomic E-state index is 14.3. The molecule has 156 valence electrons. The van der Waals surface area contributed by atoms with Crippen LogP contribution in [0.2, 0.25) is 5.02 Å². The Hall–Kier alpha value is -2.97. The summed E-state index contributed by atoms with van der Waals surface area (Å²) in [4.78, 5) is 26.4. The normalized spacial score (nSPS) is 15.4. The van der Waals surface area contributed by atoms with Gasteiger partial charge in [-0.3, -0.25) is 14.9 Å². The van der Waals surface area contributed by atoms with Gasteiger partial charge in [-0.15, -0.1) is 0 Å². The number of ether oxygens (including phenoxy) is 2. The summed E-state index contributed by atoms with van der Waals surface area (Å²) in [5.74, 6) is -1.26. The summed E-state index contributed by atoms with van der Waals surface area (Å²) in [7, 11) is 0. The number of nitrogens with zero attached hydrogens (tertiary/aromatic N) is 1. The van der Waals surface area contributed by atoms with Crippen molar-refractivity contribution >= 4 is 52.5 Å². The second kappa shape index (κ2) is 9.23. The fourth-order valence-corrected chi connectivity index (χ4v) is 3.35. The van der Waals surface area contributed by atoms with Gasteiger partial charge in [0.1, 0.15) is 11.4 Å². The zero-order valence-corrected chi connectivity index (χ0v) is 17.8. The van der Waals surface area contributed by atoms with E-state index in [4.69, 9.17) is 33.3 Å². The molecule has 0 saturated carbocycles. The first kappa shape index (κ1) is 21.7. The summed E-state index contributed by atoms with van der Waals surface area (Å²) in [6, 6.07) is 8.76. The number of hydrogen-bond donors (Lipinski definition) is 1. The first-order valence-corrected chi connectivity index (χ1v) is 9.91. The van der Waals surface area contributed by atoms with Crippen molar-refractivity contribution in [2.45, 2.75) is 13.8 Å². The lowest BCUT2D eigenvalue weighted by molar-refractivity contribution is -0.122. The van der Waals surface area contributed by atoms with Gasteiger partial charge in [-0.1, -0.05) is 23.7 Å². The molecule has 3 rings (SSSR count). The number of carbonyl (C=O) groups excluding carboxylic acids is 2. The predicted molar refractivity (Wildman–Crippen MR) is 116 cm³/mol. The van der Waals surface area contributed by atoms with E-state index in [2.05, 4.69) is 5.32 Å². The lowest BCUT2D eigenvalue weighted by atomic mass is 10.1. The Morgan fingerprint density at radius 3 is 2.40 bits per heavy atom. The maximum absolute atomic E-state index is 14.3. The summed E-state index contributed by atoms with van der Waals surface area (Å²) >= 11 is 11.4. The van der Waals surface area contributed by atoms with E-state index in [1.807, 2.05) is 13.8 Å². The van der Waals surface area contributed by atoms with Crippen LogP contribution in [0.15, 0.2) is 42.0 Å². The molecule has 30 heavy (non-hydrogen) atoms. The van der Waals surface area contributed by atoms with Gasteiger partial charge in [-0.2, -0.15) is 0 Å². The molecule has 0 aromatic heterocycles. The van der Waals surface area contributed by atoms with E-state index in [1.165, 1.54) is 24.3 Å². The molecule has 1 fully saturated rings. The van der Waals surface area contributed by atoms with Crippen molar-refractivity contribution in [3.05, 3.63) is 58.4 Å². The van der Waals surface area contributed by atoms with Crippen molar-refractivity contribution in [1.82, 2.24) is 5.32 Å². The molecular formula is C21H18ClFN2O4S. The van der Waals surface area contributed by atoms with Crippen LogP contribution in [-0.2, 0) is 9.59 Å². The molecule has 9 heteroatoms. The second-order valence-corrected chi connectivity index (χ2v) is 6.89. The van der Waals surface area contributed by atoms with Crippen molar-refractivity contribution in [2.24, 2.45) is 0 Å². The number of hydrogen-bond acceptors (Lipinski definition) is 5. The summed E-state index contributed by atoms with van der Waals surface area (Å²) in [6.45, 7) is 4.43. The van der Waals surface area contributed by atoms with Crippen LogP contribution in [0.5, 0.6) is 11.5 Å². The largest absolute Gasteiger partial charge is 0.490 e. The lowest BCUT2D eigenvalue weighted by Crippen LogP contribution is -2.54. The fourth-order valence-electron chi connectivity index (χ4n) is 2.86. The van der Waals surface area contributed by atoms with E-state index in [0.717, 1.165) is 4.90 Å². The highest BCUT2D eigenvalue weighted by atomic mass is 35.5. The molecule has 1 N–H and O–H groups in total. The average Bonchev–Trinajstić information content (AvgIpc) is 2.69. The second-order valence-electron chi connectivity index (χ2n) is 6.10. The highest BCUT2D eigenvalue weighted by Gasteiger charge is 2.35. The third-order valence-corrected chi connectivity index (χ3v) is 4.77. The van der Waals surface area contributed by atoms with Crippen LogP contribution in [0.25, 0.3) is 6.08 Å². The third kappa shape index (κ3) is 4.29. The Morgan fingerprint density at radius 2 is 1.77 bits per heavy atom. The van der Waals surface area contributed by atoms with Crippen molar-refractivity contribution in [3.8, 4) is 11.5 Å². The van der Waals surface area contributed by atoms with Gasteiger partial charge in [0, 0.05) is 6.07 Å². The minimum Gasteiger partial charge on any atom is -0.490 e. The molecule has 0 spiro atoms. The third-order valence-electron chi connectivity index (χ3n) is 4.16. The van der Waals surface area contributed by atoms with Crippen LogP contribution in [-0.4, -0.2) is 30.1 Å². The van der Waals surface area contributed by atoms with Crippen LogP contribution in [0.4, 0.5) is 10.1 Å². The number of thiocarbonyl (C=S) groups is 1. The van der Waals surface area contributed by atoms with E-state index in [-0.39, 0.29) is 21.4 Å². The molecule has 0 atom stereocenters. The summed E-state index contributed by atoms with van der Waals surface area (Å²) in [5, 5.41) is 2.45. The molecule has 0 bridgehead atoms. The molecule has 1 saturated heterocycles. The standard InChI is InChI=1S/C21H18ClFN2O4S/c1-3-28-17-10-12(14(22)11-18(17)29-4-2)9-13-19(26)24-21(30)25(20(13)27)16-8-6-5-7-15(16)23/h5-11H,3-4H2,1-2H3,(H,24,26,30)/b13-9+. The van der Waals surface area contributed by atoms with Crippen molar-refractivity contribution in [2.75, 3.05) is 18.1 Å². The van der Waals surface area contributed by atoms with Crippen molar-refractivity contribution in [3.63, 3.8) is 0 Å². The van der Waals surface area contributed by atoms with Gasteiger partial charge in [0.2, 0.25) is 0 Å². The van der Waals surface area contributed by atoms with Gasteiger partial charge in [-0.05, 0) is 55.9 Å². The van der Waals surface area contributed by atoms with Gasteiger partial charge >= 0.3 is 0 Å². The van der Waals surface area contributed by atoms with E-state index in [0.29, 0.717) is 30.3 Å². The van der Waals surface area contributed by atoms with Crippen LogP contribution in [0.3, 0.4) is 0 Å². The Balaban J connectivity index is 2.06. The maximum Gasteiger partial charge on any atom is 0.270 e. The molecular weight excluding hydrogens is 431 g/mol. The number of benzene rings is 2. The summed E-state index contributed by atoms with van der Waals surface area (Å²) in [6.07, 6.45) is 1.31. The SMILES string of the molecule is CCOc1cc(Cl)c(/C=C2\C(=O)NC(=S)N(c3ccccc3F)C2=O)cc1OCC. The van der Waals surface area contributed by atoms with Crippen LogP contribution in [0, 0.1) is 5.82 Å². The molecule has 1 aliphatic heterocycles. The van der Waals surface area contributed by atoms with Crippen molar-refractivity contribution < 1.29 is 23.5 Å². The van der Waals surface area contributed by atoms with E-state index in [1.54, 1.807) is 18.2 Å². The van der Waals surface area contributed by atoms with Crippen LogP contribution in [0.1, 0.15) is 19.4 Å². The van der Waals surface area contributed by atoms with Gasteiger partial charge in [-0.25, -0.2) is 9.29 Å². The quantitative estimate of drug-likeness (QED) is 0.409. The van der Waals surface area contributed by atoms with E-state index in [9.17, 15) is 14.0 Å². The number of rotatable bonds is 6. The zero-order chi connectivity index (χ0) is 21.8. The van der Waals surface area contributed by atoms with Gasteiger partial charge in [0.25, 0.3) is 11.8 Å². The molecule has 0 unspecified atom stereocenters. The van der Waals surface area contributed by atoms with E-state index >= 15 is 0 Å². The molecule has 0 aliphatic carbocycles. The molecule has 2 amide bonds. The number of amides is 2. The first-order chi connectivity index (χ1) is 14.4. The Labute approximate surface area is 183 Å². The van der Waals surface area contributed by atoms with Gasteiger partial charge in [0.15, 0.2) is 16.6 Å². The Kier molecular flexibility index (Phi) is 6.69. The number of carbonyl (C=O) groups is 2. The van der Waals surface area contributed by atoms with E-state index < -0.39 is 17.6 Å². The lowest BCUT2D eigenvalue weighted by Gasteiger charge is -2.29. The topological polar surface area (TPSA) is 67.9 Å².